The molecule has 1 aromatic rings. The van der Waals surface area contributed by atoms with E-state index in [9.17, 15) is 9.59 Å². The maximum Gasteiger partial charge on any atom is 0.313 e. The largest absolute Gasteiger partial charge is 0.492 e. The monoisotopic (exact) mass is 213 g/mol. The van der Waals surface area contributed by atoms with Crippen LogP contribution >= 0.6 is 0 Å². The zero-order chi connectivity index (χ0) is 11.4. The van der Waals surface area contributed by atoms with Crippen LogP contribution in [-0.4, -0.2) is 33.6 Å². The van der Waals surface area contributed by atoms with Gasteiger partial charge >= 0.3 is 5.97 Å². The minimum atomic E-state index is -0.838. The number of nitrogens with one attached hydrogen (secondary N) is 1. The summed E-state index contributed by atoms with van der Waals surface area (Å²) >= 11 is 0. The van der Waals surface area contributed by atoms with Crippen molar-refractivity contribution in [2.45, 2.75) is 13.3 Å². The van der Waals surface area contributed by atoms with E-state index in [1.54, 1.807) is 6.92 Å². The third-order valence-corrected chi connectivity index (χ3v) is 1.60. The maximum atomic E-state index is 11.0. The summed E-state index contributed by atoms with van der Waals surface area (Å²) < 4.78 is 4.66. The van der Waals surface area contributed by atoms with Crippen molar-refractivity contribution in [1.82, 2.24) is 9.97 Å². The Morgan fingerprint density at radius 2 is 2.27 bits per heavy atom. The first kappa shape index (κ1) is 11.0. The fraction of sp³-hybridized carbons (Fsp3) is 0.375. The van der Waals surface area contributed by atoms with E-state index < -0.39 is 17.8 Å². The summed E-state index contributed by atoms with van der Waals surface area (Å²) in [6.45, 7) is 1.93. The van der Waals surface area contributed by atoms with Crippen LogP contribution in [0.5, 0.6) is 5.88 Å². The molecule has 0 saturated carbocycles. The third kappa shape index (κ3) is 2.70. The lowest BCUT2D eigenvalue weighted by Crippen LogP contribution is -2.12. The van der Waals surface area contributed by atoms with E-state index in [-0.39, 0.29) is 24.5 Å². The second kappa shape index (κ2) is 4.45. The van der Waals surface area contributed by atoms with Crippen LogP contribution in [0.4, 0.5) is 0 Å². The molecule has 7 nitrogen and oxygen atoms in total. The van der Waals surface area contributed by atoms with Crippen LogP contribution in [0, 0.1) is 0 Å². The van der Waals surface area contributed by atoms with Gasteiger partial charge in [0.05, 0.1) is 6.61 Å². The number of hydrogen-bond donors (Lipinski definition) is 3. The number of primary amides is 1. The molecular formula is C8H11N3O4. The van der Waals surface area contributed by atoms with Gasteiger partial charge in [-0.3, -0.25) is 9.59 Å². The average Bonchev–Trinajstić information content (AvgIpc) is 2.47. The van der Waals surface area contributed by atoms with Crippen LogP contribution < -0.4 is 5.73 Å². The summed E-state index contributed by atoms with van der Waals surface area (Å²) in [5.41, 5.74) is 4.72. The molecule has 7 heteroatoms. The molecule has 0 saturated heterocycles. The lowest BCUT2D eigenvalue weighted by molar-refractivity contribution is -0.142. The minimum Gasteiger partial charge on any atom is -0.492 e. The number of rotatable bonds is 4. The fourth-order valence-corrected chi connectivity index (χ4v) is 1.02. The highest BCUT2D eigenvalue weighted by Gasteiger charge is 2.15. The van der Waals surface area contributed by atoms with Gasteiger partial charge in [-0.05, 0) is 6.92 Å². The number of ether oxygens (including phenoxy) is 1. The molecule has 1 aromatic heterocycles. The van der Waals surface area contributed by atoms with Gasteiger partial charge in [-0.1, -0.05) is 0 Å². The normalized spacial score (nSPS) is 9.93. The second-order valence-corrected chi connectivity index (χ2v) is 2.73. The van der Waals surface area contributed by atoms with Crippen LogP contribution in [0.25, 0.3) is 0 Å². The zero-order valence-electron chi connectivity index (χ0n) is 8.11. The summed E-state index contributed by atoms with van der Waals surface area (Å²) in [5.74, 6) is -1.71. The summed E-state index contributed by atoms with van der Waals surface area (Å²) in [5, 5.41) is 9.15. The average molecular weight is 213 g/mol. The molecule has 0 bridgehead atoms. The Morgan fingerprint density at radius 3 is 2.73 bits per heavy atom. The van der Waals surface area contributed by atoms with Crippen molar-refractivity contribution in [3.05, 3.63) is 11.5 Å². The molecule has 0 radical (unpaired) electrons. The first-order chi connectivity index (χ1) is 7.04. The first-order valence-corrected chi connectivity index (χ1v) is 4.27. The van der Waals surface area contributed by atoms with Gasteiger partial charge in [0.1, 0.15) is 12.2 Å². The maximum absolute atomic E-state index is 11.0. The van der Waals surface area contributed by atoms with Crippen molar-refractivity contribution >= 4 is 11.9 Å². The van der Waals surface area contributed by atoms with Crippen LogP contribution in [-0.2, 0) is 16.0 Å². The molecule has 0 aliphatic heterocycles. The fourth-order valence-electron chi connectivity index (χ4n) is 1.02. The Labute approximate surface area is 85.3 Å². The molecule has 1 rings (SSSR count). The zero-order valence-corrected chi connectivity index (χ0v) is 8.11. The molecule has 15 heavy (non-hydrogen) atoms. The van der Waals surface area contributed by atoms with E-state index in [1.807, 2.05) is 0 Å². The van der Waals surface area contributed by atoms with E-state index in [4.69, 9.17) is 10.8 Å². The predicted molar refractivity (Wildman–Crippen MR) is 49.1 cm³/mol. The molecule has 0 aromatic carbocycles. The van der Waals surface area contributed by atoms with E-state index in [0.717, 1.165) is 0 Å². The van der Waals surface area contributed by atoms with Gasteiger partial charge in [-0.2, -0.15) is 4.98 Å². The van der Waals surface area contributed by atoms with Gasteiger partial charge in [0, 0.05) is 0 Å². The van der Waals surface area contributed by atoms with Crippen LogP contribution in [0.1, 0.15) is 23.2 Å². The van der Waals surface area contributed by atoms with E-state index in [0.29, 0.717) is 0 Å². The number of imidazole rings is 1. The molecule has 82 valence electrons. The number of amides is 1. The molecule has 1 amide bonds. The molecular weight excluding hydrogens is 202 g/mol. The number of nitrogens with two attached hydrogens (primary N) is 1. The molecule has 0 aliphatic carbocycles. The quantitative estimate of drug-likeness (QED) is 0.572. The Hall–Kier alpha value is -2.05. The third-order valence-electron chi connectivity index (χ3n) is 1.60. The van der Waals surface area contributed by atoms with Crippen LogP contribution in [0.15, 0.2) is 0 Å². The number of carbonyl (C=O) groups excluding carboxylic acids is 2. The van der Waals surface area contributed by atoms with Crippen molar-refractivity contribution in [2.75, 3.05) is 6.61 Å². The Balaban J connectivity index is 2.75. The lowest BCUT2D eigenvalue weighted by atomic mass is 10.4. The standard InChI is InChI=1S/C8H11N3O4/c1-2-15-5(12)3-4-10-6(7(9)13)8(14)11-4/h14H,2-3H2,1H3,(H2,9,13)(H,10,11). The van der Waals surface area contributed by atoms with Crippen molar-refractivity contribution in [3.63, 3.8) is 0 Å². The summed E-state index contributed by atoms with van der Waals surface area (Å²) in [6, 6.07) is 0. The highest BCUT2D eigenvalue weighted by atomic mass is 16.5. The van der Waals surface area contributed by atoms with Gasteiger partial charge in [-0.15, -0.1) is 0 Å². The molecule has 0 spiro atoms. The number of carbonyl (C=O) groups is 2. The lowest BCUT2D eigenvalue weighted by Gasteiger charge is -1.97. The molecule has 0 aliphatic rings. The Kier molecular flexibility index (Phi) is 3.27. The number of aromatic amines is 1. The predicted octanol–water partition coefficient (Wildman–Crippen LogP) is -0.680. The minimum absolute atomic E-state index is 0.139. The van der Waals surface area contributed by atoms with Crippen molar-refractivity contribution in [2.24, 2.45) is 5.73 Å². The molecule has 0 unspecified atom stereocenters. The van der Waals surface area contributed by atoms with E-state index in [1.165, 1.54) is 0 Å². The summed E-state index contributed by atoms with van der Waals surface area (Å²) in [4.78, 5) is 27.7. The molecule has 1 heterocycles. The highest BCUT2D eigenvalue weighted by Crippen LogP contribution is 2.12. The van der Waals surface area contributed by atoms with Crippen LogP contribution in [0.2, 0.25) is 0 Å². The Morgan fingerprint density at radius 1 is 1.60 bits per heavy atom. The van der Waals surface area contributed by atoms with Gasteiger partial charge in [0.15, 0.2) is 5.69 Å². The molecule has 0 fully saturated rings. The first-order valence-electron chi connectivity index (χ1n) is 4.27. The topological polar surface area (TPSA) is 118 Å². The van der Waals surface area contributed by atoms with Gasteiger partial charge in [-0.25, -0.2) is 0 Å². The van der Waals surface area contributed by atoms with Crippen LogP contribution in [0.3, 0.4) is 0 Å². The van der Waals surface area contributed by atoms with E-state index in [2.05, 4.69) is 14.7 Å². The van der Waals surface area contributed by atoms with Crippen molar-refractivity contribution in [3.8, 4) is 5.88 Å². The van der Waals surface area contributed by atoms with Gasteiger partial charge in [0.25, 0.3) is 5.91 Å². The van der Waals surface area contributed by atoms with Gasteiger partial charge in [0.2, 0.25) is 5.88 Å². The number of aromatic hydroxyl groups is 1. The molecule has 0 atom stereocenters. The Bertz CT molecular complexity index is 385. The SMILES string of the molecule is CCOC(=O)Cc1nc(O)c(C(N)=O)[nH]1. The molecule has 4 N–H and O–H groups in total. The number of hydrogen-bond acceptors (Lipinski definition) is 5. The van der Waals surface area contributed by atoms with Crippen molar-refractivity contribution in [1.29, 1.82) is 0 Å². The second-order valence-electron chi connectivity index (χ2n) is 2.73. The summed E-state index contributed by atoms with van der Waals surface area (Å²) in [7, 11) is 0. The van der Waals surface area contributed by atoms with Crippen molar-refractivity contribution < 1.29 is 19.4 Å². The number of H-pyrrole nitrogens is 1. The highest BCUT2D eigenvalue weighted by molar-refractivity contribution is 5.93. The number of esters is 1. The number of aromatic nitrogens is 2. The van der Waals surface area contributed by atoms with Gasteiger partial charge < -0.3 is 20.6 Å². The summed E-state index contributed by atoms with van der Waals surface area (Å²) in [6.07, 6.45) is -0.144. The number of nitrogens with zero attached hydrogens (tertiary/aromatic N) is 1. The smallest absolute Gasteiger partial charge is 0.313 e. The van der Waals surface area contributed by atoms with E-state index >= 15 is 0 Å².